The Labute approximate surface area is 211 Å². The molecule has 1 spiro atoms. The van der Waals surface area contributed by atoms with Crippen LogP contribution >= 0.6 is 0 Å². The number of nitrogens with zero attached hydrogens (tertiary/aromatic N) is 3. The zero-order valence-corrected chi connectivity index (χ0v) is 20.4. The fourth-order valence-corrected chi connectivity index (χ4v) is 6.56. The molecule has 0 bridgehead atoms. The van der Waals surface area contributed by atoms with E-state index in [2.05, 4.69) is 46.2 Å². The highest BCUT2D eigenvalue weighted by Gasteiger charge is 2.54. The average Bonchev–Trinajstić information content (AvgIpc) is 3.41. The largest absolute Gasteiger partial charge is 0.392 e. The van der Waals surface area contributed by atoms with E-state index >= 15 is 0 Å². The molecular formula is C29H33FN4O2. The Morgan fingerprint density at radius 2 is 1.78 bits per heavy atom. The van der Waals surface area contributed by atoms with Crippen LogP contribution in [-0.2, 0) is 11.2 Å². The smallest absolute Gasteiger partial charge is 0.250 e. The molecule has 2 heterocycles. The molecule has 2 atom stereocenters. The number of carbonyl (C=O) groups is 1. The van der Waals surface area contributed by atoms with Crippen molar-refractivity contribution in [1.29, 1.82) is 0 Å². The maximum absolute atomic E-state index is 13.9. The number of nitrogens with two attached hydrogens (primary N) is 1. The molecule has 36 heavy (non-hydrogen) atoms. The number of piperidine rings is 1. The lowest BCUT2D eigenvalue weighted by atomic mass is 9.84. The molecule has 1 aliphatic carbocycles. The number of likely N-dealkylation sites (tertiary alicyclic amines) is 1. The number of halogens is 1. The lowest BCUT2D eigenvalue weighted by Crippen LogP contribution is -2.57. The molecule has 0 saturated carbocycles. The summed E-state index contributed by atoms with van der Waals surface area (Å²) in [5, 5.41) is 12.7. The van der Waals surface area contributed by atoms with Crippen LogP contribution in [0.15, 0.2) is 60.7 Å². The Bertz CT molecular complexity index is 1270. The monoisotopic (exact) mass is 488 g/mol. The van der Waals surface area contributed by atoms with E-state index in [-0.39, 0.29) is 18.3 Å². The van der Waals surface area contributed by atoms with Crippen molar-refractivity contribution in [3.05, 3.63) is 77.6 Å². The van der Waals surface area contributed by atoms with Crippen molar-refractivity contribution >= 4 is 22.4 Å². The van der Waals surface area contributed by atoms with Gasteiger partial charge in [-0.1, -0.05) is 36.4 Å². The van der Waals surface area contributed by atoms with Crippen LogP contribution in [0.3, 0.4) is 0 Å². The van der Waals surface area contributed by atoms with Crippen molar-refractivity contribution in [1.82, 2.24) is 9.80 Å². The first kappa shape index (κ1) is 23.4. The molecule has 0 radical (unpaired) electrons. The van der Waals surface area contributed by atoms with E-state index in [1.807, 2.05) is 4.90 Å². The number of aliphatic hydroxyl groups excluding tert-OH is 1. The number of anilines is 1. The number of benzene rings is 3. The molecule has 3 aliphatic rings. The van der Waals surface area contributed by atoms with Crippen LogP contribution in [-0.4, -0.2) is 65.3 Å². The Balaban J connectivity index is 1.25. The standard InChI is InChI=1S/C29H33FN4O2/c30-22-7-9-23(10-8-22)34-19-33(14-11-24(35)18-31)28(36)29(34)12-15-32(16-13-29)26-17-21-5-1-3-20-4-2-6-25(26)27(20)21/h1-10,24,26,35H,11-19,31H2/t24-,26?/m0/s1. The first-order valence-electron chi connectivity index (χ1n) is 13.0. The number of aliphatic hydroxyl groups is 1. The molecule has 1 unspecified atom stereocenters. The van der Waals surface area contributed by atoms with Crippen molar-refractivity contribution in [3.8, 4) is 0 Å². The second kappa shape index (κ2) is 9.14. The lowest BCUT2D eigenvalue weighted by molar-refractivity contribution is -0.134. The van der Waals surface area contributed by atoms with Gasteiger partial charge < -0.3 is 20.6 Å². The first-order valence-corrected chi connectivity index (χ1v) is 13.0. The molecule has 2 aliphatic heterocycles. The third kappa shape index (κ3) is 3.77. The van der Waals surface area contributed by atoms with Gasteiger partial charge in [0.25, 0.3) is 0 Å². The Morgan fingerprint density at radius 1 is 1.06 bits per heavy atom. The van der Waals surface area contributed by atoms with Gasteiger partial charge in [0.15, 0.2) is 0 Å². The minimum Gasteiger partial charge on any atom is -0.392 e. The summed E-state index contributed by atoms with van der Waals surface area (Å²) in [6.07, 6.45) is 2.25. The van der Waals surface area contributed by atoms with E-state index in [0.717, 1.165) is 25.2 Å². The summed E-state index contributed by atoms with van der Waals surface area (Å²) in [6.45, 7) is 2.71. The van der Waals surface area contributed by atoms with E-state index in [1.54, 1.807) is 12.1 Å². The van der Waals surface area contributed by atoms with Gasteiger partial charge in [0.1, 0.15) is 11.4 Å². The van der Waals surface area contributed by atoms with Crippen LogP contribution in [0.2, 0.25) is 0 Å². The highest BCUT2D eigenvalue weighted by atomic mass is 19.1. The fraction of sp³-hybridized carbons (Fsp3) is 0.414. The third-order valence-electron chi connectivity index (χ3n) is 8.52. The molecular weight excluding hydrogens is 455 g/mol. The first-order chi connectivity index (χ1) is 17.5. The molecule has 0 aromatic heterocycles. The zero-order valence-electron chi connectivity index (χ0n) is 20.4. The molecule has 1 amide bonds. The van der Waals surface area contributed by atoms with E-state index < -0.39 is 11.6 Å². The topological polar surface area (TPSA) is 73.0 Å². The molecule has 3 N–H and O–H groups in total. The van der Waals surface area contributed by atoms with Gasteiger partial charge in [-0.2, -0.15) is 0 Å². The molecule has 3 aromatic rings. The Hall–Kier alpha value is -3.00. The van der Waals surface area contributed by atoms with Crippen LogP contribution in [0.1, 0.15) is 36.4 Å². The van der Waals surface area contributed by atoms with Crippen LogP contribution < -0.4 is 10.6 Å². The van der Waals surface area contributed by atoms with E-state index in [1.165, 1.54) is 34.0 Å². The molecule has 6 rings (SSSR count). The number of hydrogen-bond donors (Lipinski definition) is 2. The number of carbonyl (C=O) groups excluding carboxylic acids is 1. The van der Waals surface area contributed by atoms with Gasteiger partial charge >= 0.3 is 0 Å². The van der Waals surface area contributed by atoms with Gasteiger partial charge in [-0.05, 0) is 71.8 Å². The van der Waals surface area contributed by atoms with Crippen molar-refractivity contribution in [2.75, 3.05) is 37.7 Å². The normalized spacial score (nSPS) is 22.2. The van der Waals surface area contributed by atoms with Gasteiger partial charge in [-0.25, -0.2) is 4.39 Å². The van der Waals surface area contributed by atoms with Gasteiger partial charge in [-0.3, -0.25) is 9.69 Å². The second-order valence-corrected chi connectivity index (χ2v) is 10.4. The summed E-state index contributed by atoms with van der Waals surface area (Å²) in [7, 11) is 0. The SMILES string of the molecule is NC[C@@H](O)CCN1CN(c2ccc(F)cc2)C2(CCN(C3Cc4cccc5cccc3c45)CC2)C1=O. The molecule has 7 heteroatoms. The lowest BCUT2D eigenvalue weighted by Gasteiger charge is -2.45. The molecule has 188 valence electrons. The van der Waals surface area contributed by atoms with Crippen LogP contribution in [0.4, 0.5) is 10.1 Å². The van der Waals surface area contributed by atoms with Crippen LogP contribution in [0.5, 0.6) is 0 Å². The molecule has 3 aromatic carbocycles. The van der Waals surface area contributed by atoms with Gasteiger partial charge in [-0.15, -0.1) is 0 Å². The quantitative estimate of drug-likeness (QED) is 0.556. The second-order valence-electron chi connectivity index (χ2n) is 10.4. The summed E-state index contributed by atoms with van der Waals surface area (Å²) in [6, 6.07) is 19.9. The number of amides is 1. The van der Waals surface area contributed by atoms with E-state index in [9.17, 15) is 14.3 Å². The maximum Gasteiger partial charge on any atom is 0.250 e. The summed E-state index contributed by atoms with van der Waals surface area (Å²) in [4.78, 5) is 20.4. The summed E-state index contributed by atoms with van der Waals surface area (Å²) < 4.78 is 13.7. The number of rotatable bonds is 6. The highest BCUT2D eigenvalue weighted by Crippen LogP contribution is 2.45. The summed E-state index contributed by atoms with van der Waals surface area (Å²) in [5.74, 6) is -0.182. The molecule has 6 nitrogen and oxygen atoms in total. The predicted octanol–water partition coefficient (Wildman–Crippen LogP) is 3.43. The van der Waals surface area contributed by atoms with Gasteiger partial charge in [0.05, 0.1) is 12.8 Å². The van der Waals surface area contributed by atoms with Gasteiger partial charge in [0, 0.05) is 37.9 Å². The van der Waals surface area contributed by atoms with E-state index in [4.69, 9.17) is 5.73 Å². The van der Waals surface area contributed by atoms with Gasteiger partial charge in [0.2, 0.25) is 5.91 Å². The average molecular weight is 489 g/mol. The molecule has 2 fully saturated rings. The minimum absolute atomic E-state index is 0.104. The minimum atomic E-state index is -0.653. The maximum atomic E-state index is 13.9. The predicted molar refractivity (Wildman–Crippen MR) is 139 cm³/mol. The Morgan fingerprint density at radius 3 is 2.50 bits per heavy atom. The number of hydrogen-bond acceptors (Lipinski definition) is 5. The summed E-state index contributed by atoms with van der Waals surface area (Å²) >= 11 is 0. The van der Waals surface area contributed by atoms with Crippen molar-refractivity contribution < 1.29 is 14.3 Å². The van der Waals surface area contributed by atoms with Crippen molar-refractivity contribution in [2.24, 2.45) is 5.73 Å². The fourth-order valence-electron chi connectivity index (χ4n) is 6.56. The zero-order chi connectivity index (χ0) is 24.9. The van der Waals surface area contributed by atoms with Crippen LogP contribution in [0, 0.1) is 5.82 Å². The third-order valence-corrected chi connectivity index (χ3v) is 8.52. The van der Waals surface area contributed by atoms with Crippen LogP contribution in [0.25, 0.3) is 10.8 Å². The van der Waals surface area contributed by atoms with E-state index in [0.29, 0.717) is 38.5 Å². The summed E-state index contributed by atoms with van der Waals surface area (Å²) in [5.41, 5.74) is 8.59. The van der Waals surface area contributed by atoms with Crippen molar-refractivity contribution in [2.45, 2.75) is 43.4 Å². The highest BCUT2D eigenvalue weighted by molar-refractivity contribution is 5.94. The van der Waals surface area contributed by atoms with Crippen molar-refractivity contribution in [3.63, 3.8) is 0 Å². The molecule has 2 saturated heterocycles. The Kier molecular flexibility index (Phi) is 5.94.